The van der Waals surface area contributed by atoms with Crippen LogP contribution in [0.15, 0.2) is 53.4 Å². The molecule has 0 saturated carbocycles. The lowest BCUT2D eigenvalue weighted by molar-refractivity contribution is 0.0938. The molecular formula is C18H17FO2S. The van der Waals surface area contributed by atoms with Crippen molar-refractivity contribution in [2.24, 2.45) is 5.92 Å². The topological polar surface area (TPSA) is 34.1 Å². The van der Waals surface area contributed by atoms with E-state index in [0.29, 0.717) is 11.1 Å². The van der Waals surface area contributed by atoms with Gasteiger partial charge in [-0.2, -0.15) is 0 Å². The Kier molecular flexibility index (Phi) is 5.50. The molecular weight excluding hydrogens is 299 g/mol. The van der Waals surface area contributed by atoms with Crippen LogP contribution in [0.4, 0.5) is 4.39 Å². The number of Topliss-reactive ketones (excluding diaryl/α,β-unsaturated/α-hetero) is 2. The first-order valence-corrected chi connectivity index (χ1v) is 8.02. The molecule has 2 aromatic carbocycles. The zero-order valence-corrected chi connectivity index (χ0v) is 13.3. The van der Waals surface area contributed by atoms with E-state index in [9.17, 15) is 14.0 Å². The van der Waals surface area contributed by atoms with Crippen molar-refractivity contribution in [3.05, 3.63) is 65.5 Å². The highest BCUT2D eigenvalue weighted by molar-refractivity contribution is 8.00. The first-order chi connectivity index (χ1) is 10.5. The molecule has 2 rings (SSSR count). The first kappa shape index (κ1) is 16.4. The molecule has 0 bridgehead atoms. The van der Waals surface area contributed by atoms with Crippen LogP contribution < -0.4 is 0 Å². The maximum Gasteiger partial charge on any atom is 0.173 e. The van der Waals surface area contributed by atoms with Gasteiger partial charge in [-0.3, -0.25) is 9.59 Å². The van der Waals surface area contributed by atoms with Gasteiger partial charge in [0, 0.05) is 21.9 Å². The van der Waals surface area contributed by atoms with E-state index in [1.165, 1.54) is 36.0 Å². The van der Waals surface area contributed by atoms with Crippen LogP contribution >= 0.6 is 11.8 Å². The number of thioether (sulfide) groups is 1. The van der Waals surface area contributed by atoms with Crippen LogP contribution in [0.1, 0.15) is 34.6 Å². The fourth-order valence-corrected chi connectivity index (χ4v) is 2.71. The second-order valence-corrected chi connectivity index (χ2v) is 6.31. The lowest BCUT2D eigenvalue weighted by Gasteiger charge is -2.06. The fraction of sp³-hybridized carbons (Fsp3) is 0.222. The lowest BCUT2D eigenvalue weighted by Crippen LogP contribution is -2.07. The van der Waals surface area contributed by atoms with E-state index in [1.807, 2.05) is 26.0 Å². The van der Waals surface area contributed by atoms with Gasteiger partial charge in [-0.15, -0.1) is 11.8 Å². The van der Waals surface area contributed by atoms with Crippen LogP contribution in [0, 0.1) is 11.7 Å². The minimum Gasteiger partial charge on any atom is -0.294 e. The molecule has 0 fully saturated rings. The predicted octanol–water partition coefficient (Wildman–Crippen LogP) is 4.64. The summed E-state index contributed by atoms with van der Waals surface area (Å²) in [6.07, 6.45) is 0. The summed E-state index contributed by atoms with van der Waals surface area (Å²) in [6.45, 7) is 3.73. The number of benzene rings is 2. The van der Waals surface area contributed by atoms with Gasteiger partial charge in [0.1, 0.15) is 5.82 Å². The Morgan fingerprint density at radius 2 is 1.50 bits per heavy atom. The third-order valence-corrected chi connectivity index (χ3v) is 4.21. The molecule has 0 aliphatic heterocycles. The van der Waals surface area contributed by atoms with Gasteiger partial charge in [-0.25, -0.2) is 4.39 Å². The van der Waals surface area contributed by atoms with Gasteiger partial charge in [-0.1, -0.05) is 26.0 Å². The van der Waals surface area contributed by atoms with Crippen LogP contribution in [0.25, 0.3) is 0 Å². The SMILES string of the molecule is CC(C)C(=O)c1ccc(SCC(=O)c2ccc(F)cc2)cc1. The molecule has 2 nitrogen and oxygen atoms in total. The summed E-state index contributed by atoms with van der Waals surface area (Å²) in [4.78, 5) is 24.8. The largest absolute Gasteiger partial charge is 0.294 e. The highest BCUT2D eigenvalue weighted by Crippen LogP contribution is 2.21. The molecule has 0 N–H and O–H groups in total. The Balaban J connectivity index is 1.95. The number of rotatable bonds is 6. The van der Waals surface area contributed by atoms with Gasteiger partial charge >= 0.3 is 0 Å². The van der Waals surface area contributed by atoms with Crippen LogP contribution in [-0.2, 0) is 0 Å². The Morgan fingerprint density at radius 3 is 2.05 bits per heavy atom. The molecule has 0 saturated heterocycles. The number of ketones is 2. The van der Waals surface area contributed by atoms with E-state index in [1.54, 1.807) is 12.1 Å². The molecule has 0 heterocycles. The van der Waals surface area contributed by atoms with Crippen molar-refractivity contribution in [1.82, 2.24) is 0 Å². The van der Waals surface area contributed by atoms with Crippen LogP contribution in [0.2, 0.25) is 0 Å². The summed E-state index contributed by atoms with van der Waals surface area (Å²) in [5, 5.41) is 0. The van der Waals surface area contributed by atoms with Crippen LogP contribution in [0.5, 0.6) is 0 Å². The van der Waals surface area contributed by atoms with Gasteiger partial charge in [0.2, 0.25) is 0 Å². The van der Waals surface area contributed by atoms with Crippen molar-refractivity contribution >= 4 is 23.3 Å². The smallest absolute Gasteiger partial charge is 0.173 e. The van der Waals surface area contributed by atoms with Crippen molar-refractivity contribution in [3.63, 3.8) is 0 Å². The summed E-state index contributed by atoms with van der Waals surface area (Å²) < 4.78 is 12.8. The minimum absolute atomic E-state index is 0.0291. The van der Waals surface area contributed by atoms with E-state index in [0.717, 1.165) is 4.90 Å². The molecule has 0 aliphatic rings. The number of hydrogen-bond acceptors (Lipinski definition) is 3. The Morgan fingerprint density at radius 1 is 0.955 bits per heavy atom. The summed E-state index contributed by atoms with van der Waals surface area (Å²) in [5.41, 5.74) is 1.18. The molecule has 0 amide bonds. The number of carbonyl (C=O) groups excluding carboxylic acids is 2. The highest BCUT2D eigenvalue weighted by atomic mass is 32.2. The molecule has 114 valence electrons. The zero-order chi connectivity index (χ0) is 16.1. The van der Waals surface area contributed by atoms with Crippen LogP contribution in [0.3, 0.4) is 0 Å². The van der Waals surface area contributed by atoms with E-state index < -0.39 is 0 Å². The maximum atomic E-state index is 12.8. The molecule has 22 heavy (non-hydrogen) atoms. The predicted molar refractivity (Wildman–Crippen MR) is 87.1 cm³/mol. The van der Waals surface area contributed by atoms with E-state index >= 15 is 0 Å². The first-order valence-electron chi connectivity index (χ1n) is 7.03. The summed E-state index contributed by atoms with van der Waals surface area (Å²) >= 11 is 1.40. The van der Waals surface area contributed by atoms with Crippen molar-refractivity contribution in [3.8, 4) is 0 Å². The number of halogens is 1. The third kappa shape index (κ3) is 4.28. The van der Waals surface area contributed by atoms with Crippen molar-refractivity contribution in [1.29, 1.82) is 0 Å². The third-order valence-electron chi connectivity index (χ3n) is 3.20. The standard InChI is InChI=1S/C18H17FO2S/c1-12(2)18(21)14-5-9-16(10-6-14)22-11-17(20)13-3-7-15(19)8-4-13/h3-10,12H,11H2,1-2H3. The normalized spacial score (nSPS) is 10.7. The maximum absolute atomic E-state index is 12.8. The fourth-order valence-electron chi connectivity index (χ4n) is 1.92. The molecule has 0 aliphatic carbocycles. The van der Waals surface area contributed by atoms with Crippen LogP contribution in [-0.4, -0.2) is 17.3 Å². The molecule has 0 radical (unpaired) electrons. The van der Waals surface area contributed by atoms with Gasteiger partial charge in [0.25, 0.3) is 0 Å². The van der Waals surface area contributed by atoms with Gasteiger partial charge < -0.3 is 0 Å². The summed E-state index contributed by atoms with van der Waals surface area (Å²) in [5.74, 6) is -0.0391. The zero-order valence-electron chi connectivity index (χ0n) is 12.5. The van der Waals surface area contributed by atoms with E-state index in [4.69, 9.17) is 0 Å². The molecule has 0 unspecified atom stereocenters. The number of carbonyl (C=O) groups is 2. The van der Waals surface area contributed by atoms with Crippen molar-refractivity contribution in [2.75, 3.05) is 5.75 Å². The van der Waals surface area contributed by atoms with Crippen molar-refractivity contribution in [2.45, 2.75) is 18.7 Å². The molecule has 0 spiro atoms. The quantitative estimate of drug-likeness (QED) is 0.575. The van der Waals surface area contributed by atoms with Gasteiger partial charge in [-0.05, 0) is 36.4 Å². The second kappa shape index (κ2) is 7.36. The minimum atomic E-state index is -0.352. The van der Waals surface area contributed by atoms with E-state index in [2.05, 4.69) is 0 Å². The summed E-state index contributed by atoms with van der Waals surface area (Å²) in [6, 6.07) is 12.8. The molecule has 0 aromatic heterocycles. The summed E-state index contributed by atoms with van der Waals surface area (Å²) in [7, 11) is 0. The van der Waals surface area contributed by atoms with Gasteiger partial charge in [0.15, 0.2) is 11.6 Å². The molecule has 4 heteroatoms. The Bertz CT molecular complexity index is 660. The average molecular weight is 316 g/mol. The van der Waals surface area contributed by atoms with E-state index in [-0.39, 0.29) is 29.1 Å². The average Bonchev–Trinajstić information content (AvgIpc) is 2.53. The lowest BCUT2D eigenvalue weighted by atomic mass is 10.0. The Labute approximate surface area is 133 Å². The van der Waals surface area contributed by atoms with Crippen molar-refractivity contribution < 1.29 is 14.0 Å². The number of hydrogen-bond donors (Lipinski definition) is 0. The molecule has 2 aromatic rings. The molecule has 0 atom stereocenters. The highest BCUT2D eigenvalue weighted by Gasteiger charge is 2.11. The van der Waals surface area contributed by atoms with Gasteiger partial charge in [0.05, 0.1) is 5.75 Å². The Hall–Kier alpha value is -1.94. The second-order valence-electron chi connectivity index (χ2n) is 5.26. The monoisotopic (exact) mass is 316 g/mol.